The molecule has 0 atom stereocenters. The van der Waals surface area contributed by atoms with Gasteiger partial charge in [-0.05, 0) is 46.0 Å². The fourth-order valence-corrected chi connectivity index (χ4v) is 5.06. The molecule has 2 aromatic heterocycles. The molecule has 3 heterocycles. The number of hydrogen-bond donors (Lipinski definition) is 0. The molecule has 0 bridgehead atoms. The summed E-state index contributed by atoms with van der Waals surface area (Å²) in [5, 5.41) is 0.964. The van der Waals surface area contributed by atoms with Crippen molar-refractivity contribution < 1.29 is 4.79 Å². The molecule has 5 nitrogen and oxygen atoms in total. The summed E-state index contributed by atoms with van der Waals surface area (Å²) in [6.07, 6.45) is 5.22. The molecule has 0 unspecified atom stereocenters. The number of rotatable bonds is 5. The van der Waals surface area contributed by atoms with Crippen LogP contribution in [0.15, 0.2) is 36.5 Å². The van der Waals surface area contributed by atoms with Gasteiger partial charge in [0.15, 0.2) is 0 Å². The minimum absolute atomic E-state index is 0.156. The number of piperidine rings is 1. The Morgan fingerprint density at radius 2 is 1.86 bits per heavy atom. The molecule has 0 saturated carbocycles. The average molecular weight is 409 g/mol. The molecule has 0 aliphatic carbocycles. The first kappa shape index (κ1) is 19.8. The molecule has 3 aromatic rings. The molecule has 4 rings (SSSR count). The predicted octanol–water partition coefficient (Wildman–Crippen LogP) is 4.87. The fourth-order valence-electron chi connectivity index (χ4n) is 4.17. The number of aryl methyl sites for hydroxylation is 3. The van der Waals surface area contributed by atoms with Crippen LogP contribution in [0.1, 0.15) is 45.3 Å². The third-order valence-electron chi connectivity index (χ3n) is 5.85. The Bertz CT molecular complexity index is 984. The van der Waals surface area contributed by atoms with Crippen LogP contribution in [-0.4, -0.2) is 38.4 Å². The van der Waals surface area contributed by atoms with Gasteiger partial charge < -0.3 is 9.47 Å². The van der Waals surface area contributed by atoms with Gasteiger partial charge in [0.25, 0.3) is 5.91 Å². The molecule has 1 amide bonds. The lowest BCUT2D eigenvalue weighted by Crippen LogP contribution is -2.38. The zero-order chi connectivity index (χ0) is 20.4. The molecule has 6 heteroatoms. The molecule has 1 aliphatic rings. The summed E-state index contributed by atoms with van der Waals surface area (Å²) >= 11 is 1.51. The summed E-state index contributed by atoms with van der Waals surface area (Å²) in [6, 6.07) is 10.4. The second-order valence-electron chi connectivity index (χ2n) is 7.91. The van der Waals surface area contributed by atoms with E-state index in [4.69, 9.17) is 0 Å². The van der Waals surface area contributed by atoms with Crippen LogP contribution in [0.4, 0.5) is 0 Å². The molecular formula is C23H28N4OS. The highest BCUT2D eigenvalue weighted by Gasteiger charge is 2.26. The smallest absolute Gasteiger partial charge is 0.265 e. The highest BCUT2D eigenvalue weighted by molar-refractivity contribution is 7.13. The van der Waals surface area contributed by atoms with Gasteiger partial charge in [-0.1, -0.05) is 30.3 Å². The van der Waals surface area contributed by atoms with E-state index >= 15 is 0 Å². The maximum Gasteiger partial charge on any atom is 0.265 e. The van der Waals surface area contributed by atoms with E-state index in [9.17, 15) is 4.79 Å². The van der Waals surface area contributed by atoms with Gasteiger partial charge in [-0.2, -0.15) is 0 Å². The Hall–Kier alpha value is -2.47. The number of likely N-dealkylation sites (tertiary alicyclic amines) is 1. The van der Waals surface area contributed by atoms with Crippen molar-refractivity contribution in [2.75, 3.05) is 13.1 Å². The van der Waals surface area contributed by atoms with Crippen LogP contribution in [0.5, 0.6) is 0 Å². The van der Waals surface area contributed by atoms with Crippen LogP contribution >= 0.6 is 11.3 Å². The molecule has 1 aromatic carbocycles. The standard InChI is InChI=1S/C23H28N4OS/c1-16-15-24-22(20-7-5-4-6-8-20)27(16)14-11-19-9-12-26(13-10-19)23(28)21-17(2)25-18(3)29-21/h4-8,15,19H,9-14H2,1-3H3. The summed E-state index contributed by atoms with van der Waals surface area (Å²) in [7, 11) is 0. The maximum atomic E-state index is 12.8. The van der Waals surface area contributed by atoms with Gasteiger partial charge in [0.2, 0.25) is 0 Å². The third-order valence-corrected chi connectivity index (χ3v) is 6.91. The first-order chi connectivity index (χ1) is 14.0. The normalized spacial score (nSPS) is 15.1. The van der Waals surface area contributed by atoms with Gasteiger partial charge in [-0.15, -0.1) is 11.3 Å². The Morgan fingerprint density at radius 3 is 2.52 bits per heavy atom. The SMILES string of the molecule is Cc1nc(C)c(C(=O)N2CCC(CCn3c(C)cnc3-c3ccccc3)CC2)s1. The number of carbonyl (C=O) groups excluding carboxylic acids is 1. The number of aromatic nitrogens is 3. The van der Waals surface area contributed by atoms with Crippen molar-refractivity contribution in [3.63, 3.8) is 0 Å². The predicted molar refractivity (Wildman–Crippen MR) is 117 cm³/mol. The van der Waals surface area contributed by atoms with Crippen LogP contribution in [0.2, 0.25) is 0 Å². The van der Waals surface area contributed by atoms with Crippen LogP contribution in [-0.2, 0) is 6.54 Å². The van der Waals surface area contributed by atoms with Crippen molar-refractivity contribution in [3.8, 4) is 11.4 Å². The van der Waals surface area contributed by atoms with E-state index in [1.165, 1.54) is 17.0 Å². The van der Waals surface area contributed by atoms with Crippen molar-refractivity contribution >= 4 is 17.2 Å². The number of hydrogen-bond acceptors (Lipinski definition) is 4. The number of thiazole rings is 1. The Morgan fingerprint density at radius 1 is 1.14 bits per heavy atom. The largest absolute Gasteiger partial charge is 0.338 e. The van der Waals surface area contributed by atoms with Gasteiger partial charge in [0, 0.05) is 37.1 Å². The second kappa shape index (κ2) is 8.49. The number of amides is 1. The highest BCUT2D eigenvalue weighted by Crippen LogP contribution is 2.27. The average Bonchev–Trinajstić information content (AvgIpc) is 3.28. The summed E-state index contributed by atoms with van der Waals surface area (Å²) in [4.78, 5) is 24.7. The van der Waals surface area contributed by atoms with E-state index in [0.29, 0.717) is 5.92 Å². The van der Waals surface area contributed by atoms with Crippen LogP contribution < -0.4 is 0 Å². The lowest BCUT2D eigenvalue weighted by atomic mass is 9.93. The zero-order valence-electron chi connectivity index (χ0n) is 17.4. The molecule has 29 heavy (non-hydrogen) atoms. The molecule has 0 N–H and O–H groups in total. The molecule has 1 aliphatic heterocycles. The monoisotopic (exact) mass is 408 g/mol. The quantitative estimate of drug-likeness (QED) is 0.605. The Balaban J connectivity index is 1.35. The number of benzene rings is 1. The van der Waals surface area contributed by atoms with Crippen LogP contribution in [0, 0.1) is 26.7 Å². The van der Waals surface area contributed by atoms with Gasteiger partial charge in [-0.3, -0.25) is 4.79 Å². The van der Waals surface area contributed by atoms with Crippen molar-refractivity contribution in [2.45, 2.75) is 46.6 Å². The second-order valence-corrected chi connectivity index (χ2v) is 9.12. The molecule has 0 radical (unpaired) electrons. The molecule has 0 spiro atoms. The van der Waals surface area contributed by atoms with Crippen molar-refractivity contribution in [1.29, 1.82) is 0 Å². The van der Waals surface area contributed by atoms with E-state index in [1.54, 1.807) is 0 Å². The van der Waals surface area contributed by atoms with Gasteiger partial charge in [0.1, 0.15) is 10.7 Å². The van der Waals surface area contributed by atoms with E-state index in [1.807, 2.05) is 31.0 Å². The topological polar surface area (TPSA) is 51.0 Å². The number of nitrogens with zero attached hydrogens (tertiary/aromatic N) is 4. The third kappa shape index (κ3) is 4.27. The van der Waals surface area contributed by atoms with Crippen LogP contribution in [0.25, 0.3) is 11.4 Å². The highest BCUT2D eigenvalue weighted by atomic mass is 32.1. The van der Waals surface area contributed by atoms with E-state index in [-0.39, 0.29) is 5.91 Å². The summed E-state index contributed by atoms with van der Waals surface area (Å²) in [5.74, 6) is 1.85. The molecule has 1 saturated heterocycles. The number of imidazole rings is 1. The van der Waals surface area contributed by atoms with E-state index in [0.717, 1.165) is 65.9 Å². The van der Waals surface area contributed by atoms with Crippen molar-refractivity contribution in [2.24, 2.45) is 5.92 Å². The summed E-state index contributed by atoms with van der Waals surface area (Å²) < 4.78 is 2.33. The lowest BCUT2D eigenvalue weighted by molar-refractivity contribution is 0.0689. The lowest BCUT2D eigenvalue weighted by Gasteiger charge is -2.32. The Labute approximate surface area is 176 Å². The van der Waals surface area contributed by atoms with Gasteiger partial charge in [-0.25, -0.2) is 9.97 Å². The Kier molecular flexibility index (Phi) is 5.81. The number of carbonyl (C=O) groups is 1. The van der Waals surface area contributed by atoms with Gasteiger partial charge in [0.05, 0.1) is 10.7 Å². The zero-order valence-corrected chi connectivity index (χ0v) is 18.2. The molecule has 1 fully saturated rings. The van der Waals surface area contributed by atoms with Crippen LogP contribution in [0.3, 0.4) is 0 Å². The first-order valence-corrected chi connectivity index (χ1v) is 11.2. The first-order valence-electron chi connectivity index (χ1n) is 10.3. The summed E-state index contributed by atoms with van der Waals surface area (Å²) in [6.45, 7) is 8.67. The van der Waals surface area contributed by atoms with Gasteiger partial charge >= 0.3 is 0 Å². The van der Waals surface area contributed by atoms with Crippen molar-refractivity contribution in [3.05, 3.63) is 57.8 Å². The summed E-state index contributed by atoms with van der Waals surface area (Å²) in [5.41, 5.74) is 3.23. The minimum atomic E-state index is 0.156. The molecule has 152 valence electrons. The van der Waals surface area contributed by atoms with Crippen molar-refractivity contribution in [1.82, 2.24) is 19.4 Å². The van der Waals surface area contributed by atoms with E-state index in [2.05, 4.69) is 45.7 Å². The fraction of sp³-hybridized carbons (Fsp3) is 0.435. The minimum Gasteiger partial charge on any atom is -0.338 e. The molecular weight excluding hydrogens is 380 g/mol. The maximum absolute atomic E-state index is 12.8. The van der Waals surface area contributed by atoms with E-state index < -0.39 is 0 Å².